The Morgan fingerprint density at radius 3 is 2.25 bits per heavy atom. The molecule has 1 N–H and O–H groups in total. The quantitative estimate of drug-likeness (QED) is 0.668. The lowest BCUT2D eigenvalue weighted by molar-refractivity contribution is -0.134. The van der Waals surface area contributed by atoms with E-state index < -0.39 is 23.4 Å². The Bertz CT molecular complexity index is 492. The predicted octanol–water partition coefficient (Wildman–Crippen LogP) is 2.55. The summed E-state index contributed by atoms with van der Waals surface area (Å²) >= 11 is 0. The van der Waals surface area contributed by atoms with Gasteiger partial charge in [0.2, 0.25) is 11.7 Å². The Balaban J connectivity index is 2.82. The second kappa shape index (κ2) is 6.98. The molecule has 1 rings (SSSR count). The van der Waals surface area contributed by atoms with Gasteiger partial charge in [0.15, 0.2) is 11.6 Å². The summed E-state index contributed by atoms with van der Waals surface area (Å²) < 4.78 is 31.9. The number of esters is 1. The molecule has 0 heterocycles. The van der Waals surface area contributed by atoms with E-state index in [9.17, 15) is 18.4 Å². The van der Waals surface area contributed by atoms with Crippen molar-refractivity contribution in [1.82, 2.24) is 5.32 Å². The summed E-state index contributed by atoms with van der Waals surface area (Å²) in [5.41, 5.74) is 0.255. The molecule has 4 nitrogen and oxygen atoms in total. The standard InChI is InChI=1S/C14H17F2NO3/c1-4-12(18)20-13-10(15)5-9(6-11(13)16)7-17-14(19)8(2)3/h5-6,8H,4,7H2,1-3H3,(H,17,19). The van der Waals surface area contributed by atoms with Gasteiger partial charge >= 0.3 is 5.97 Å². The number of nitrogens with one attached hydrogen (secondary N) is 1. The van der Waals surface area contributed by atoms with Crippen LogP contribution in [0.4, 0.5) is 8.78 Å². The second-order valence-corrected chi connectivity index (χ2v) is 4.59. The maximum Gasteiger partial charge on any atom is 0.311 e. The van der Waals surface area contributed by atoms with Crippen molar-refractivity contribution in [2.75, 3.05) is 0 Å². The van der Waals surface area contributed by atoms with Crippen LogP contribution >= 0.6 is 0 Å². The van der Waals surface area contributed by atoms with E-state index in [1.165, 1.54) is 6.92 Å². The van der Waals surface area contributed by atoms with Crippen molar-refractivity contribution in [1.29, 1.82) is 0 Å². The smallest absolute Gasteiger partial charge is 0.311 e. The van der Waals surface area contributed by atoms with E-state index in [1.54, 1.807) is 13.8 Å². The highest BCUT2D eigenvalue weighted by molar-refractivity contribution is 5.77. The minimum atomic E-state index is -0.972. The molecule has 0 saturated carbocycles. The molecule has 0 aliphatic heterocycles. The van der Waals surface area contributed by atoms with E-state index >= 15 is 0 Å². The minimum absolute atomic E-state index is 0.00680. The lowest BCUT2D eigenvalue weighted by atomic mass is 10.1. The Hall–Kier alpha value is -1.98. The number of hydrogen-bond donors (Lipinski definition) is 1. The Kier molecular flexibility index (Phi) is 5.61. The van der Waals surface area contributed by atoms with Crippen LogP contribution in [0.2, 0.25) is 0 Å². The Labute approximate surface area is 116 Å². The van der Waals surface area contributed by atoms with Crippen molar-refractivity contribution >= 4 is 11.9 Å². The normalized spacial score (nSPS) is 10.5. The van der Waals surface area contributed by atoms with Gasteiger partial charge in [0.25, 0.3) is 0 Å². The first-order valence-corrected chi connectivity index (χ1v) is 6.31. The van der Waals surface area contributed by atoms with Crippen LogP contribution in [-0.4, -0.2) is 11.9 Å². The van der Waals surface area contributed by atoms with Crippen molar-refractivity contribution in [3.05, 3.63) is 29.3 Å². The van der Waals surface area contributed by atoms with Crippen LogP contribution in [0.15, 0.2) is 12.1 Å². The summed E-state index contributed by atoms with van der Waals surface area (Å²) in [6.07, 6.45) is 0.0189. The van der Waals surface area contributed by atoms with Crippen molar-refractivity contribution in [3.8, 4) is 5.75 Å². The molecule has 20 heavy (non-hydrogen) atoms. The molecule has 1 amide bonds. The molecule has 0 fully saturated rings. The van der Waals surface area contributed by atoms with Gasteiger partial charge in [0.05, 0.1) is 0 Å². The minimum Gasteiger partial charge on any atom is -0.420 e. The fourth-order valence-corrected chi connectivity index (χ4v) is 1.39. The summed E-state index contributed by atoms with van der Waals surface area (Å²) in [4.78, 5) is 22.4. The highest BCUT2D eigenvalue weighted by Gasteiger charge is 2.16. The number of carbonyl (C=O) groups excluding carboxylic acids is 2. The third-order valence-corrected chi connectivity index (χ3v) is 2.55. The number of halogens is 2. The van der Waals surface area contributed by atoms with Gasteiger partial charge in [-0.05, 0) is 17.7 Å². The summed E-state index contributed by atoms with van der Waals surface area (Å²) in [6.45, 7) is 4.95. The monoisotopic (exact) mass is 285 g/mol. The lowest BCUT2D eigenvalue weighted by Crippen LogP contribution is -2.27. The maximum absolute atomic E-state index is 13.7. The SMILES string of the molecule is CCC(=O)Oc1c(F)cc(CNC(=O)C(C)C)cc1F. The molecule has 0 aliphatic rings. The van der Waals surface area contributed by atoms with Gasteiger partial charge < -0.3 is 10.1 Å². The molecule has 0 aromatic heterocycles. The van der Waals surface area contributed by atoms with Gasteiger partial charge in [-0.2, -0.15) is 0 Å². The van der Waals surface area contributed by atoms with Crippen molar-refractivity contribution in [2.24, 2.45) is 5.92 Å². The van der Waals surface area contributed by atoms with E-state index in [1.807, 2.05) is 0 Å². The van der Waals surface area contributed by atoms with Gasteiger partial charge in [-0.15, -0.1) is 0 Å². The molecule has 0 saturated heterocycles. The van der Waals surface area contributed by atoms with E-state index in [0.717, 1.165) is 12.1 Å². The molecule has 110 valence electrons. The van der Waals surface area contributed by atoms with Crippen LogP contribution in [0, 0.1) is 17.6 Å². The van der Waals surface area contributed by atoms with Crippen LogP contribution < -0.4 is 10.1 Å². The number of amides is 1. The zero-order chi connectivity index (χ0) is 15.3. The van der Waals surface area contributed by atoms with Crippen LogP contribution in [0.25, 0.3) is 0 Å². The third-order valence-electron chi connectivity index (χ3n) is 2.55. The lowest BCUT2D eigenvalue weighted by Gasteiger charge is -2.10. The van der Waals surface area contributed by atoms with Crippen LogP contribution in [0.3, 0.4) is 0 Å². The summed E-state index contributed by atoms with van der Waals surface area (Å²) in [7, 11) is 0. The summed E-state index contributed by atoms with van der Waals surface area (Å²) in [5.74, 6) is -3.80. The Morgan fingerprint density at radius 2 is 1.80 bits per heavy atom. The van der Waals surface area contributed by atoms with E-state index in [2.05, 4.69) is 10.1 Å². The average Bonchev–Trinajstić information content (AvgIpc) is 2.39. The fraction of sp³-hybridized carbons (Fsp3) is 0.429. The summed E-state index contributed by atoms with van der Waals surface area (Å²) in [5, 5.41) is 2.54. The first kappa shape index (κ1) is 16.1. The molecule has 0 unspecified atom stereocenters. The van der Waals surface area contributed by atoms with E-state index in [4.69, 9.17) is 0 Å². The number of carbonyl (C=O) groups is 2. The summed E-state index contributed by atoms with van der Waals surface area (Å²) in [6, 6.07) is 2.06. The average molecular weight is 285 g/mol. The van der Waals surface area contributed by atoms with Gasteiger partial charge in [0.1, 0.15) is 0 Å². The highest BCUT2D eigenvalue weighted by atomic mass is 19.1. The molecule has 6 heteroatoms. The topological polar surface area (TPSA) is 55.4 Å². The first-order valence-electron chi connectivity index (χ1n) is 6.31. The third kappa shape index (κ3) is 4.29. The largest absolute Gasteiger partial charge is 0.420 e. The highest BCUT2D eigenvalue weighted by Crippen LogP contribution is 2.23. The molecule has 0 atom stereocenters. The predicted molar refractivity (Wildman–Crippen MR) is 69.0 cm³/mol. The van der Waals surface area contributed by atoms with Crippen LogP contribution in [-0.2, 0) is 16.1 Å². The molecule has 0 bridgehead atoms. The molecule has 0 radical (unpaired) electrons. The molecular formula is C14H17F2NO3. The van der Waals surface area contributed by atoms with Crippen molar-refractivity contribution in [3.63, 3.8) is 0 Å². The van der Waals surface area contributed by atoms with Gasteiger partial charge in [-0.3, -0.25) is 9.59 Å². The van der Waals surface area contributed by atoms with Gasteiger partial charge in [-0.1, -0.05) is 20.8 Å². The van der Waals surface area contributed by atoms with Crippen molar-refractivity contribution < 1.29 is 23.1 Å². The zero-order valence-electron chi connectivity index (χ0n) is 11.6. The number of benzene rings is 1. The van der Waals surface area contributed by atoms with Crippen LogP contribution in [0.5, 0.6) is 5.75 Å². The second-order valence-electron chi connectivity index (χ2n) is 4.59. The number of rotatable bonds is 5. The van der Waals surface area contributed by atoms with Crippen LogP contribution in [0.1, 0.15) is 32.8 Å². The molecule has 0 aliphatic carbocycles. The number of ether oxygens (including phenoxy) is 1. The van der Waals surface area contributed by atoms with E-state index in [0.29, 0.717) is 0 Å². The number of hydrogen-bond acceptors (Lipinski definition) is 3. The molecule has 1 aromatic rings. The first-order chi connectivity index (χ1) is 9.35. The Morgan fingerprint density at radius 1 is 1.25 bits per heavy atom. The van der Waals surface area contributed by atoms with Crippen molar-refractivity contribution in [2.45, 2.75) is 33.7 Å². The van der Waals surface area contributed by atoms with Gasteiger partial charge in [0, 0.05) is 18.9 Å². The molecule has 0 spiro atoms. The van der Waals surface area contributed by atoms with Gasteiger partial charge in [-0.25, -0.2) is 8.78 Å². The van der Waals surface area contributed by atoms with E-state index in [-0.39, 0.29) is 30.4 Å². The fourth-order valence-electron chi connectivity index (χ4n) is 1.39. The zero-order valence-corrected chi connectivity index (χ0v) is 11.6. The molecular weight excluding hydrogens is 268 g/mol. The maximum atomic E-state index is 13.7. The molecule has 1 aromatic carbocycles.